The number of amides is 2. The first-order valence-corrected chi connectivity index (χ1v) is 10.9. The van der Waals surface area contributed by atoms with Gasteiger partial charge < -0.3 is 15.4 Å². The first-order valence-electron chi connectivity index (χ1n) is 9.13. The van der Waals surface area contributed by atoms with Gasteiger partial charge in [0.25, 0.3) is 11.8 Å². The SMILES string of the molecule is CSCCC(NC(=O)c1ccccc1Cl)C(=O)OCC(=O)NCc1ccc(F)cc1. The van der Waals surface area contributed by atoms with Crippen molar-refractivity contribution in [3.63, 3.8) is 0 Å². The van der Waals surface area contributed by atoms with Gasteiger partial charge in [-0.25, -0.2) is 9.18 Å². The summed E-state index contributed by atoms with van der Waals surface area (Å²) in [4.78, 5) is 36.8. The summed E-state index contributed by atoms with van der Waals surface area (Å²) in [5.74, 6) is -1.46. The van der Waals surface area contributed by atoms with E-state index in [1.165, 1.54) is 23.9 Å². The molecule has 0 aliphatic carbocycles. The fourth-order valence-corrected chi connectivity index (χ4v) is 3.15. The second-order valence-corrected chi connectivity index (χ2v) is 7.69. The van der Waals surface area contributed by atoms with Gasteiger partial charge in [-0.2, -0.15) is 11.8 Å². The van der Waals surface area contributed by atoms with Crippen LogP contribution >= 0.6 is 23.4 Å². The molecule has 0 aliphatic rings. The van der Waals surface area contributed by atoms with Gasteiger partial charge in [-0.15, -0.1) is 0 Å². The Labute approximate surface area is 183 Å². The maximum absolute atomic E-state index is 12.9. The third kappa shape index (κ3) is 7.68. The Morgan fingerprint density at radius 2 is 1.83 bits per heavy atom. The number of benzene rings is 2. The molecular weight excluding hydrogens is 431 g/mol. The van der Waals surface area contributed by atoms with Crippen LogP contribution < -0.4 is 10.6 Å². The molecule has 0 radical (unpaired) electrons. The molecular formula is C21H22ClFN2O4S. The predicted molar refractivity (Wildman–Crippen MR) is 115 cm³/mol. The van der Waals surface area contributed by atoms with Crippen molar-refractivity contribution < 1.29 is 23.5 Å². The summed E-state index contributed by atoms with van der Waals surface area (Å²) < 4.78 is 18.0. The average Bonchev–Trinajstić information content (AvgIpc) is 2.74. The maximum atomic E-state index is 12.9. The van der Waals surface area contributed by atoms with Crippen molar-refractivity contribution in [3.05, 3.63) is 70.5 Å². The number of thioether (sulfide) groups is 1. The Balaban J connectivity index is 1.87. The maximum Gasteiger partial charge on any atom is 0.329 e. The topological polar surface area (TPSA) is 84.5 Å². The van der Waals surface area contributed by atoms with E-state index in [4.69, 9.17) is 16.3 Å². The van der Waals surface area contributed by atoms with Crippen LogP contribution in [-0.2, 0) is 20.9 Å². The highest BCUT2D eigenvalue weighted by Crippen LogP contribution is 2.15. The zero-order valence-electron chi connectivity index (χ0n) is 16.3. The van der Waals surface area contributed by atoms with Gasteiger partial charge in [0.15, 0.2) is 6.61 Å². The first kappa shape index (κ1) is 23.7. The lowest BCUT2D eigenvalue weighted by molar-refractivity contribution is -0.150. The number of carbonyl (C=O) groups excluding carboxylic acids is 3. The highest BCUT2D eigenvalue weighted by atomic mass is 35.5. The lowest BCUT2D eigenvalue weighted by Crippen LogP contribution is -2.43. The van der Waals surface area contributed by atoms with E-state index in [2.05, 4.69) is 10.6 Å². The molecule has 2 aromatic rings. The molecule has 6 nitrogen and oxygen atoms in total. The van der Waals surface area contributed by atoms with Crippen LogP contribution in [0.1, 0.15) is 22.3 Å². The number of rotatable bonds is 10. The highest BCUT2D eigenvalue weighted by molar-refractivity contribution is 7.98. The first-order chi connectivity index (χ1) is 14.4. The number of hydrogen-bond donors (Lipinski definition) is 2. The largest absolute Gasteiger partial charge is 0.454 e. The minimum absolute atomic E-state index is 0.176. The lowest BCUT2D eigenvalue weighted by atomic mass is 10.1. The molecule has 1 unspecified atom stereocenters. The summed E-state index contributed by atoms with van der Waals surface area (Å²) in [5, 5.41) is 5.47. The molecule has 0 spiro atoms. The molecule has 2 amide bonds. The van der Waals surface area contributed by atoms with Crippen molar-refractivity contribution >= 4 is 41.1 Å². The molecule has 9 heteroatoms. The number of esters is 1. The van der Waals surface area contributed by atoms with E-state index in [1.54, 1.807) is 36.4 Å². The third-order valence-electron chi connectivity index (χ3n) is 4.07. The summed E-state index contributed by atoms with van der Waals surface area (Å²) in [6, 6.07) is 11.3. The van der Waals surface area contributed by atoms with Gasteiger partial charge in [-0.05, 0) is 48.3 Å². The van der Waals surface area contributed by atoms with E-state index < -0.39 is 30.4 Å². The smallest absolute Gasteiger partial charge is 0.329 e. The second kappa shape index (κ2) is 12.2. The summed E-state index contributed by atoms with van der Waals surface area (Å²) in [7, 11) is 0. The van der Waals surface area contributed by atoms with Crippen LogP contribution in [0.2, 0.25) is 5.02 Å². The molecule has 0 heterocycles. The Morgan fingerprint density at radius 3 is 2.50 bits per heavy atom. The van der Waals surface area contributed by atoms with Crippen LogP contribution in [0.5, 0.6) is 0 Å². The van der Waals surface area contributed by atoms with Crippen molar-refractivity contribution in [2.45, 2.75) is 19.0 Å². The lowest BCUT2D eigenvalue weighted by Gasteiger charge is -2.17. The normalized spacial score (nSPS) is 11.4. The zero-order chi connectivity index (χ0) is 21.9. The van der Waals surface area contributed by atoms with E-state index in [0.29, 0.717) is 17.7 Å². The fraction of sp³-hybridized carbons (Fsp3) is 0.286. The third-order valence-corrected chi connectivity index (χ3v) is 5.04. The Bertz CT molecular complexity index is 880. The number of ether oxygens (including phenoxy) is 1. The molecule has 2 N–H and O–H groups in total. The van der Waals surface area contributed by atoms with Gasteiger partial charge in [-0.1, -0.05) is 35.9 Å². The molecule has 0 saturated carbocycles. The van der Waals surface area contributed by atoms with Crippen molar-refractivity contribution in [2.75, 3.05) is 18.6 Å². The summed E-state index contributed by atoms with van der Waals surface area (Å²) in [6.07, 6.45) is 2.22. The molecule has 0 fully saturated rings. The predicted octanol–water partition coefficient (Wildman–Crippen LogP) is 3.19. The molecule has 0 bridgehead atoms. The van der Waals surface area contributed by atoms with Gasteiger partial charge in [-0.3, -0.25) is 9.59 Å². The Hall–Kier alpha value is -2.58. The van der Waals surface area contributed by atoms with Crippen molar-refractivity contribution in [1.82, 2.24) is 10.6 Å². The van der Waals surface area contributed by atoms with Crippen molar-refractivity contribution in [1.29, 1.82) is 0 Å². The summed E-state index contributed by atoms with van der Waals surface area (Å²) >= 11 is 7.54. The van der Waals surface area contributed by atoms with Crippen LogP contribution in [0, 0.1) is 5.82 Å². The van der Waals surface area contributed by atoms with Gasteiger partial charge in [0.2, 0.25) is 0 Å². The van der Waals surface area contributed by atoms with Crippen LogP contribution in [-0.4, -0.2) is 42.4 Å². The number of halogens is 2. The molecule has 160 valence electrons. The van der Waals surface area contributed by atoms with Gasteiger partial charge >= 0.3 is 5.97 Å². The van der Waals surface area contributed by atoms with Crippen LogP contribution in [0.15, 0.2) is 48.5 Å². The summed E-state index contributed by atoms with van der Waals surface area (Å²) in [5.41, 5.74) is 0.957. The monoisotopic (exact) mass is 452 g/mol. The van der Waals surface area contributed by atoms with E-state index in [1.807, 2.05) is 6.26 Å². The van der Waals surface area contributed by atoms with Crippen LogP contribution in [0.4, 0.5) is 4.39 Å². The molecule has 0 aliphatic heterocycles. The number of nitrogens with one attached hydrogen (secondary N) is 2. The van der Waals surface area contributed by atoms with E-state index in [9.17, 15) is 18.8 Å². The van der Waals surface area contributed by atoms with Crippen molar-refractivity contribution in [3.8, 4) is 0 Å². The molecule has 0 saturated heterocycles. The number of carbonyl (C=O) groups is 3. The minimum Gasteiger partial charge on any atom is -0.454 e. The van der Waals surface area contributed by atoms with Gasteiger partial charge in [0.05, 0.1) is 10.6 Å². The molecule has 30 heavy (non-hydrogen) atoms. The number of hydrogen-bond acceptors (Lipinski definition) is 5. The second-order valence-electron chi connectivity index (χ2n) is 6.30. The Morgan fingerprint density at radius 1 is 1.13 bits per heavy atom. The van der Waals surface area contributed by atoms with E-state index in [-0.39, 0.29) is 22.9 Å². The summed E-state index contributed by atoms with van der Waals surface area (Å²) in [6.45, 7) is -0.312. The van der Waals surface area contributed by atoms with Gasteiger partial charge in [0, 0.05) is 6.54 Å². The Kier molecular flexibility index (Phi) is 9.63. The minimum atomic E-state index is -0.911. The van der Waals surface area contributed by atoms with Crippen LogP contribution in [0.25, 0.3) is 0 Å². The zero-order valence-corrected chi connectivity index (χ0v) is 17.9. The molecule has 2 aromatic carbocycles. The standard InChI is InChI=1S/C21H22ClFN2O4S/c1-30-11-10-18(25-20(27)16-4-2-3-5-17(16)22)21(28)29-13-19(26)24-12-14-6-8-15(23)9-7-14/h2-9,18H,10-13H2,1H3,(H,24,26)(H,25,27). The van der Waals surface area contributed by atoms with E-state index >= 15 is 0 Å². The molecule has 2 rings (SSSR count). The highest BCUT2D eigenvalue weighted by Gasteiger charge is 2.24. The van der Waals surface area contributed by atoms with Crippen LogP contribution in [0.3, 0.4) is 0 Å². The van der Waals surface area contributed by atoms with E-state index in [0.717, 1.165) is 0 Å². The van der Waals surface area contributed by atoms with Gasteiger partial charge in [0.1, 0.15) is 11.9 Å². The molecule has 1 atom stereocenters. The average molecular weight is 453 g/mol. The molecule has 0 aromatic heterocycles. The quantitative estimate of drug-likeness (QED) is 0.541. The fourth-order valence-electron chi connectivity index (χ4n) is 2.46. The van der Waals surface area contributed by atoms with Crippen molar-refractivity contribution in [2.24, 2.45) is 0 Å².